The summed E-state index contributed by atoms with van der Waals surface area (Å²) in [6.45, 7) is 1.96. The number of ether oxygens (including phenoxy) is 1. The smallest absolute Gasteiger partial charge is 0.311 e. The van der Waals surface area contributed by atoms with Crippen molar-refractivity contribution in [3.8, 4) is 5.75 Å². The SMILES string of the molecule is Cc1ccc(OC(=O)CCC(=O)c2ccccc2)cc1. The van der Waals surface area contributed by atoms with Crippen LogP contribution in [0.1, 0.15) is 28.8 Å². The third-order valence-electron chi connectivity index (χ3n) is 2.90. The Morgan fingerprint density at radius 2 is 1.55 bits per heavy atom. The van der Waals surface area contributed by atoms with E-state index in [0.29, 0.717) is 11.3 Å². The second-order valence-electron chi connectivity index (χ2n) is 4.58. The normalized spacial score (nSPS) is 10.1. The Kier molecular flexibility index (Phi) is 4.66. The maximum Gasteiger partial charge on any atom is 0.311 e. The fraction of sp³-hybridized carbons (Fsp3) is 0.176. The van der Waals surface area contributed by atoms with Gasteiger partial charge >= 0.3 is 5.97 Å². The van der Waals surface area contributed by atoms with Crippen LogP contribution >= 0.6 is 0 Å². The molecule has 0 amide bonds. The van der Waals surface area contributed by atoms with Crippen molar-refractivity contribution in [1.29, 1.82) is 0 Å². The minimum absolute atomic E-state index is 0.0496. The molecule has 2 aromatic carbocycles. The lowest BCUT2D eigenvalue weighted by molar-refractivity contribution is -0.134. The molecule has 0 spiro atoms. The van der Waals surface area contributed by atoms with Crippen molar-refractivity contribution in [1.82, 2.24) is 0 Å². The number of aryl methyl sites for hydroxylation is 1. The van der Waals surface area contributed by atoms with Crippen molar-refractivity contribution in [3.05, 3.63) is 65.7 Å². The Balaban J connectivity index is 1.83. The molecule has 0 radical (unpaired) electrons. The van der Waals surface area contributed by atoms with Crippen LogP contribution in [0.15, 0.2) is 54.6 Å². The lowest BCUT2D eigenvalue weighted by Crippen LogP contribution is -2.10. The zero-order valence-electron chi connectivity index (χ0n) is 11.3. The highest BCUT2D eigenvalue weighted by Crippen LogP contribution is 2.13. The van der Waals surface area contributed by atoms with Crippen molar-refractivity contribution in [2.75, 3.05) is 0 Å². The number of esters is 1. The zero-order chi connectivity index (χ0) is 14.4. The highest BCUT2D eigenvalue weighted by Gasteiger charge is 2.10. The number of ketones is 1. The van der Waals surface area contributed by atoms with Gasteiger partial charge in [0.05, 0.1) is 6.42 Å². The molecule has 0 saturated carbocycles. The average Bonchev–Trinajstić information content (AvgIpc) is 2.48. The summed E-state index contributed by atoms with van der Waals surface area (Å²) in [5.74, 6) is 0.0670. The molecule has 3 heteroatoms. The van der Waals surface area contributed by atoms with Crippen LogP contribution in [0.5, 0.6) is 5.75 Å². The first-order valence-electron chi connectivity index (χ1n) is 6.51. The fourth-order valence-corrected chi connectivity index (χ4v) is 1.77. The molecule has 102 valence electrons. The van der Waals surface area contributed by atoms with Crippen molar-refractivity contribution in [3.63, 3.8) is 0 Å². The van der Waals surface area contributed by atoms with Crippen molar-refractivity contribution in [2.24, 2.45) is 0 Å². The molecule has 0 aromatic heterocycles. The van der Waals surface area contributed by atoms with Crippen molar-refractivity contribution in [2.45, 2.75) is 19.8 Å². The summed E-state index contributed by atoms with van der Waals surface area (Å²) in [6.07, 6.45) is 0.246. The molecule has 0 aliphatic rings. The van der Waals surface area contributed by atoms with Crippen LogP contribution in [0, 0.1) is 6.92 Å². The predicted molar refractivity (Wildman–Crippen MR) is 76.8 cm³/mol. The Hall–Kier alpha value is -2.42. The van der Waals surface area contributed by atoms with E-state index in [0.717, 1.165) is 5.56 Å². The number of hydrogen-bond donors (Lipinski definition) is 0. The molecule has 0 N–H and O–H groups in total. The van der Waals surface area contributed by atoms with Crippen LogP contribution in [0.4, 0.5) is 0 Å². The largest absolute Gasteiger partial charge is 0.427 e. The second kappa shape index (κ2) is 6.66. The molecule has 0 aliphatic carbocycles. The second-order valence-corrected chi connectivity index (χ2v) is 4.58. The van der Waals surface area contributed by atoms with Crippen molar-refractivity contribution >= 4 is 11.8 Å². The molecule has 0 unspecified atom stereocenters. The Labute approximate surface area is 118 Å². The molecule has 0 heterocycles. The first kappa shape index (κ1) is 14.0. The number of hydrogen-bond acceptors (Lipinski definition) is 3. The van der Waals surface area contributed by atoms with Gasteiger partial charge in [-0.05, 0) is 19.1 Å². The summed E-state index contributed by atoms with van der Waals surface area (Å²) < 4.78 is 5.16. The molecular formula is C17H16O3. The summed E-state index contributed by atoms with van der Waals surface area (Å²) >= 11 is 0. The van der Waals surface area contributed by atoms with Gasteiger partial charge in [0.1, 0.15) is 5.75 Å². The summed E-state index contributed by atoms with van der Waals surface area (Å²) in [5, 5.41) is 0. The van der Waals surface area contributed by atoms with E-state index in [1.165, 1.54) is 0 Å². The van der Waals surface area contributed by atoms with Gasteiger partial charge in [-0.15, -0.1) is 0 Å². The average molecular weight is 268 g/mol. The van der Waals surface area contributed by atoms with E-state index in [2.05, 4.69) is 0 Å². The minimum Gasteiger partial charge on any atom is -0.427 e. The standard InChI is InChI=1S/C17H16O3/c1-13-7-9-15(10-8-13)20-17(19)12-11-16(18)14-5-3-2-4-6-14/h2-10H,11-12H2,1H3. The molecule has 20 heavy (non-hydrogen) atoms. The molecule has 2 aromatic rings. The molecule has 0 aliphatic heterocycles. The fourth-order valence-electron chi connectivity index (χ4n) is 1.77. The molecule has 0 bridgehead atoms. The lowest BCUT2D eigenvalue weighted by Gasteiger charge is -2.04. The van der Waals surface area contributed by atoms with Gasteiger partial charge in [-0.2, -0.15) is 0 Å². The lowest BCUT2D eigenvalue weighted by atomic mass is 10.1. The van der Waals surface area contributed by atoms with E-state index in [1.54, 1.807) is 36.4 Å². The van der Waals surface area contributed by atoms with E-state index < -0.39 is 5.97 Å². The van der Waals surface area contributed by atoms with Crippen LogP contribution in [0.25, 0.3) is 0 Å². The minimum atomic E-state index is -0.391. The molecule has 3 nitrogen and oxygen atoms in total. The summed E-state index contributed by atoms with van der Waals surface area (Å²) in [5.41, 5.74) is 1.72. The van der Waals surface area contributed by atoms with Gasteiger partial charge in [0.25, 0.3) is 0 Å². The molecular weight excluding hydrogens is 252 g/mol. The number of Topliss-reactive ketones (excluding diaryl/α,β-unsaturated/α-hetero) is 1. The number of rotatable bonds is 5. The van der Waals surface area contributed by atoms with Gasteiger partial charge in [-0.25, -0.2) is 0 Å². The van der Waals surface area contributed by atoms with Crippen LogP contribution in [0.2, 0.25) is 0 Å². The third kappa shape index (κ3) is 4.05. The van der Waals surface area contributed by atoms with Gasteiger partial charge in [0, 0.05) is 12.0 Å². The van der Waals surface area contributed by atoms with E-state index in [9.17, 15) is 9.59 Å². The highest BCUT2D eigenvalue weighted by atomic mass is 16.5. The van der Waals surface area contributed by atoms with Crippen LogP contribution < -0.4 is 4.74 Å². The number of carbonyl (C=O) groups excluding carboxylic acids is 2. The zero-order valence-corrected chi connectivity index (χ0v) is 11.3. The first-order chi connectivity index (χ1) is 9.65. The topological polar surface area (TPSA) is 43.4 Å². The van der Waals surface area contributed by atoms with E-state index in [-0.39, 0.29) is 18.6 Å². The van der Waals surface area contributed by atoms with Crippen LogP contribution in [-0.2, 0) is 4.79 Å². The van der Waals surface area contributed by atoms with E-state index >= 15 is 0 Å². The van der Waals surface area contributed by atoms with E-state index in [1.807, 2.05) is 25.1 Å². The van der Waals surface area contributed by atoms with E-state index in [4.69, 9.17) is 4.74 Å². The number of carbonyl (C=O) groups is 2. The Morgan fingerprint density at radius 3 is 2.20 bits per heavy atom. The molecule has 0 atom stereocenters. The molecule has 2 rings (SSSR count). The maximum absolute atomic E-state index is 11.8. The van der Waals surface area contributed by atoms with Crippen molar-refractivity contribution < 1.29 is 14.3 Å². The highest BCUT2D eigenvalue weighted by molar-refractivity contribution is 5.97. The molecule has 0 saturated heterocycles. The van der Waals surface area contributed by atoms with Crippen LogP contribution in [0.3, 0.4) is 0 Å². The Morgan fingerprint density at radius 1 is 0.900 bits per heavy atom. The number of benzene rings is 2. The van der Waals surface area contributed by atoms with Gasteiger partial charge in [-0.3, -0.25) is 9.59 Å². The van der Waals surface area contributed by atoms with Gasteiger partial charge in [-0.1, -0.05) is 48.0 Å². The summed E-state index contributed by atoms with van der Waals surface area (Å²) in [4.78, 5) is 23.5. The maximum atomic E-state index is 11.8. The third-order valence-corrected chi connectivity index (χ3v) is 2.90. The van der Waals surface area contributed by atoms with Gasteiger partial charge in [0.15, 0.2) is 5.78 Å². The Bertz CT molecular complexity index is 585. The first-order valence-corrected chi connectivity index (χ1v) is 6.51. The predicted octanol–water partition coefficient (Wildman–Crippen LogP) is 3.56. The summed E-state index contributed by atoms with van der Waals surface area (Å²) in [7, 11) is 0. The quantitative estimate of drug-likeness (QED) is 0.473. The summed E-state index contributed by atoms with van der Waals surface area (Å²) in [6, 6.07) is 16.2. The monoisotopic (exact) mass is 268 g/mol. The van der Waals surface area contributed by atoms with Gasteiger partial charge < -0.3 is 4.74 Å². The van der Waals surface area contributed by atoms with Crippen LogP contribution in [-0.4, -0.2) is 11.8 Å². The molecule has 0 fully saturated rings. The van der Waals surface area contributed by atoms with Gasteiger partial charge in [0.2, 0.25) is 0 Å².